The Balaban J connectivity index is 2.95. The van der Waals surface area contributed by atoms with Crippen LogP contribution in [0.5, 0.6) is 0 Å². The molecule has 0 bridgehead atoms. The summed E-state index contributed by atoms with van der Waals surface area (Å²) in [6.45, 7) is 2.12. The van der Waals surface area contributed by atoms with Gasteiger partial charge in [-0.3, -0.25) is 0 Å². The summed E-state index contributed by atoms with van der Waals surface area (Å²) in [5.74, 6) is 0. The summed E-state index contributed by atoms with van der Waals surface area (Å²) in [4.78, 5) is 0. The van der Waals surface area contributed by atoms with Gasteiger partial charge < -0.3 is 10.2 Å². The van der Waals surface area contributed by atoms with E-state index < -0.39 is 0 Å². The lowest BCUT2D eigenvalue weighted by Gasteiger charge is -2.04. The van der Waals surface area contributed by atoms with E-state index in [4.69, 9.17) is 10.2 Å². The Bertz CT molecular complexity index is 316. The van der Waals surface area contributed by atoms with Crippen LogP contribution in [0.2, 0.25) is 0 Å². The van der Waals surface area contributed by atoms with E-state index in [2.05, 4.69) is 0 Å². The van der Waals surface area contributed by atoms with Crippen molar-refractivity contribution in [2.75, 3.05) is 13.2 Å². The predicted octanol–water partition coefficient (Wildman–Crippen LogP) is 1.62. The summed E-state index contributed by atoms with van der Waals surface area (Å²) in [5.41, 5.74) is 3.12. The van der Waals surface area contributed by atoms with Crippen molar-refractivity contribution in [3.05, 3.63) is 41.0 Å². The zero-order valence-electron chi connectivity index (χ0n) is 8.40. The van der Waals surface area contributed by atoms with E-state index in [-0.39, 0.29) is 13.2 Å². The molecule has 0 heterocycles. The summed E-state index contributed by atoms with van der Waals surface area (Å²) in [6.07, 6.45) is 2.61. The molecule has 0 aliphatic carbocycles. The molecule has 0 aliphatic heterocycles. The van der Waals surface area contributed by atoms with Crippen molar-refractivity contribution in [1.82, 2.24) is 0 Å². The quantitative estimate of drug-likeness (QED) is 0.761. The number of rotatable bonds is 4. The Morgan fingerprint density at radius 2 is 2.00 bits per heavy atom. The van der Waals surface area contributed by atoms with E-state index in [1.165, 1.54) is 0 Å². The maximum Gasteiger partial charge on any atom is 0.0642 e. The Morgan fingerprint density at radius 3 is 2.64 bits per heavy atom. The number of benzene rings is 1. The first kappa shape index (κ1) is 11.0. The topological polar surface area (TPSA) is 40.5 Å². The SMILES string of the molecule is C/C(=C\c1ccccc1CCO)CO. The minimum Gasteiger partial charge on any atom is -0.396 e. The molecule has 0 radical (unpaired) electrons. The van der Waals surface area contributed by atoms with Gasteiger partial charge in [0.25, 0.3) is 0 Å². The molecule has 2 nitrogen and oxygen atoms in total. The molecule has 76 valence electrons. The molecule has 2 heteroatoms. The van der Waals surface area contributed by atoms with Gasteiger partial charge in [0.1, 0.15) is 0 Å². The number of aliphatic hydroxyl groups is 2. The molecule has 2 N–H and O–H groups in total. The fraction of sp³-hybridized carbons (Fsp3) is 0.333. The molecular formula is C12H16O2. The standard InChI is InChI=1S/C12H16O2/c1-10(9-14)8-12-5-3-2-4-11(12)6-7-13/h2-5,8,13-14H,6-7,9H2,1H3/b10-8+. The van der Waals surface area contributed by atoms with Crippen LogP contribution < -0.4 is 0 Å². The van der Waals surface area contributed by atoms with E-state index in [9.17, 15) is 0 Å². The molecule has 1 aromatic carbocycles. The van der Waals surface area contributed by atoms with Crippen LogP contribution in [-0.4, -0.2) is 23.4 Å². The summed E-state index contributed by atoms with van der Waals surface area (Å²) >= 11 is 0. The summed E-state index contributed by atoms with van der Waals surface area (Å²) in [7, 11) is 0. The second-order valence-electron chi connectivity index (χ2n) is 3.32. The van der Waals surface area contributed by atoms with Crippen molar-refractivity contribution in [3.63, 3.8) is 0 Å². The lowest BCUT2D eigenvalue weighted by molar-refractivity contribution is 0.299. The zero-order chi connectivity index (χ0) is 10.4. The normalized spacial score (nSPS) is 11.8. The van der Waals surface area contributed by atoms with Crippen LogP contribution in [0, 0.1) is 0 Å². The molecule has 0 aliphatic rings. The molecule has 0 fully saturated rings. The first-order valence-electron chi connectivity index (χ1n) is 4.74. The molecular weight excluding hydrogens is 176 g/mol. The minimum absolute atomic E-state index is 0.0768. The molecule has 0 unspecified atom stereocenters. The van der Waals surface area contributed by atoms with Crippen LogP contribution in [-0.2, 0) is 6.42 Å². The van der Waals surface area contributed by atoms with Gasteiger partial charge in [0, 0.05) is 6.61 Å². The second-order valence-corrected chi connectivity index (χ2v) is 3.32. The number of hydrogen-bond donors (Lipinski definition) is 2. The van der Waals surface area contributed by atoms with Crippen LogP contribution >= 0.6 is 0 Å². The number of hydrogen-bond acceptors (Lipinski definition) is 2. The Hall–Kier alpha value is -1.12. The van der Waals surface area contributed by atoms with E-state index in [0.29, 0.717) is 6.42 Å². The molecule has 1 rings (SSSR count). The van der Waals surface area contributed by atoms with Gasteiger partial charge in [0.15, 0.2) is 0 Å². The summed E-state index contributed by atoms with van der Waals surface area (Å²) in [5, 5.41) is 17.8. The highest BCUT2D eigenvalue weighted by Gasteiger charge is 1.98. The molecule has 0 saturated heterocycles. The maximum absolute atomic E-state index is 8.90. The molecule has 1 aromatic rings. The third-order valence-corrected chi connectivity index (χ3v) is 2.09. The van der Waals surface area contributed by atoms with Crippen molar-refractivity contribution in [1.29, 1.82) is 0 Å². The molecule has 0 saturated carbocycles. The fourth-order valence-corrected chi connectivity index (χ4v) is 1.33. The van der Waals surface area contributed by atoms with E-state index >= 15 is 0 Å². The lowest BCUT2D eigenvalue weighted by atomic mass is 10.0. The molecule has 14 heavy (non-hydrogen) atoms. The first-order valence-corrected chi connectivity index (χ1v) is 4.74. The van der Waals surface area contributed by atoms with Crippen LogP contribution in [0.15, 0.2) is 29.8 Å². The molecule has 0 atom stereocenters. The third-order valence-electron chi connectivity index (χ3n) is 2.09. The van der Waals surface area contributed by atoms with Gasteiger partial charge in [-0.15, -0.1) is 0 Å². The highest BCUT2D eigenvalue weighted by atomic mass is 16.3. The minimum atomic E-state index is 0.0768. The monoisotopic (exact) mass is 192 g/mol. The summed E-state index contributed by atoms with van der Waals surface area (Å²) in [6, 6.07) is 7.89. The van der Waals surface area contributed by atoms with Crippen molar-refractivity contribution < 1.29 is 10.2 Å². The van der Waals surface area contributed by atoms with Crippen LogP contribution in [0.1, 0.15) is 18.1 Å². The zero-order valence-corrected chi connectivity index (χ0v) is 8.40. The highest BCUT2D eigenvalue weighted by Crippen LogP contribution is 2.13. The van der Waals surface area contributed by atoms with Crippen molar-refractivity contribution in [2.45, 2.75) is 13.3 Å². The predicted molar refractivity (Wildman–Crippen MR) is 58.0 cm³/mol. The van der Waals surface area contributed by atoms with Crippen LogP contribution in [0.3, 0.4) is 0 Å². The van der Waals surface area contributed by atoms with E-state index in [1.54, 1.807) is 0 Å². The lowest BCUT2D eigenvalue weighted by Crippen LogP contribution is -1.94. The van der Waals surface area contributed by atoms with E-state index in [1.807, 2.05) is 37.3 Å². The largest absolute Gasteiger partial charge is 0.396 e. The second kappa shape index (κ2) is 5.58. The van der Waals surface area contributed by atoms with Crippen molar-refractivity contribution >= 4 is 6.08 Å². The maximum atomic E-state index is 8.90. The van der Waals surface area contributed by atoms with Crippen molar-refractivity contribution in [3.8, 4) is 0 Å². The van der Waals surface area contributed by atoms with Gasteiger partial charge in [0.2, 0.25) is 0 Å². The Kier molecular flexibility index (Phi) is 4.36. The third kappa shape index (κ3) is 2.98. The van der Waals surface area contributed by atoms with Crippen molar-refractivity contribution in [2.24, 2.45) is 0 Å². The van der Waals surface area contributed by atoms with Gasteiger partial charge in [-0.25, -0.2) is 0 Å². The van der Waals surface area contributed by atoms with Gasteiger partial charge in [-0.2, -0.15) is 0 Å². The summed E-state index contributed by atoms with van der Waals surface area (Å²) < 4.78 is 0. The Morgan fingerprint density at radius 1 is 1.29 bits per heavy atom. The van der Waals surface area contributed by atoms with Crippen LogP contribution in [0.4, 0.5) is 0 Å². The van der Waals surface area contributed by atoms with Crippen LogP contribution in [0.25, 0.3) is 6.08 Å². The fourth-order valence-electron chi connectivity index (χ4n) is 1.33. The van der Waals surface area contributed by atoms with Gasteiger partial charge in [0.05, 0.1) is 6.61 Å². The molecule has 0 spiro atoms. The smallest absolute Gasteiger partial charge is 0.0642 e. The van der Waals surface area contributed by atoms with Gasteiger partial charge >= 0.3 is 0 Å². The molecule has 0 aromatic heterocycles. The average Bonchev–Trinajstić information content (AvgIpc) is 2.21. The van der Waals surface area contributed by atoms with E-state index in [0.717, 1.165) is 16.7 Å². The van der Waals surface area contributed by atoms with Gasteiger partial charge in [-0.05, 0) is 30.0 Å². The first-order chi connectivity index (χ1) is 6.77. The molecule has 0 amide bonds. The average molecular weight is 192 g/mol. The Labute approximate surface area is 84.5 Å². The highest BCUT2D eigenvalue weighted by molar-refractivity contribution is 5.56. The number of aliphatic hydroxyl groups excluding tert-OH is 2. The van der Waals surface area contributed by atoms with Gasteiger partial charge in [-0.1, -0.05) is 30.3 Å².